The lowest BCUT2D eigenvalue weighted by molar-refractivity contribution is -0.122. The third-order valence-electron chi connectivity index (χ3n) is 2.17. The number of nitrogens with one attached hydrogen (secondary N) is 2. The van der Waals surface area contributed by atoms with Crippen LogP contribution in [0.1, 0.15) is 26.2 Å². The molecule has 0 aromatic carbocycles. The fraction of sp³-hybridized carbons (Fsp3) is 0.889. The van der Waals surface area contributed by atoms with Crippen LogP contribution < -0.4 is 10.0 Å². The highest BCUT2D eigenvalue weighted by molar-refractivity contribution is 7.89. The van der Waals surface area contributed by atoms with Crippen molar-refractivity contribution >= 4 is 15.9 Å². The predicted octanol–water partition coefficient (Wildman–Crippen LogP) is -0.158. The van der Waals surface area contributed by atoms with Crippen LogP contribution in [0.4, 0.5) is 0 Å². The summed E-state index contributed by atoms with van der Waals surface area (Å²) in [5.74, 6) is 0.366. The van der Waals surface area contributed by atoms with E-state index in [0.29, 0.717) is 13.0 Å². The second-order valence-electron chi connectivity index (χ2n) is 3.78. The van der Waals surface area contributed by atoms with Gasteiger partial charge in [0.25, 0.3) is 0 Å². The largest absolute Gasteiger partial charge is 0.355 e. The number of hydrogen-bond donors (Lipinski definition) is 2. The number of carbonyl (C=O) groups excluding carboxylic acids is 1. The van der Waals surface area contributed by atoms with Gasteiger partial charge in [0, 0.05) is 19.0 Å². The number of amides is 1. The second-order valence-corrected chi connectivity index (χ2v) is 5.70. The molecule has 0 spiro atoms. The van der Waals surface area contributed by atoms with Gasteiger partial charge in [0.2, 0.25) is 15.9 Å². The number of sulfonamides is 1. The van der Waals surface area contributed by atoms with Crippen LogP contribution in [0.15, 0.2) is 0 Å². The minimum absolute atomic E-state index is 0.0460. The molecule has 0 radical (unpaired) electrons. The van der Waals surface area contributed by atoms with Crippen molar-refractivity contribution in [3.63, 3.8) is 0 Å². The first-order valence-corrected chi connectivity index (χ1v) is 6.95. The van der Waals surface area contributed by atoms with Crippen LogP contribution in [0.2, 0.25) is 0 Å². The van der Waals surface area contributed by atoms with Gasteiger partial charge >= 0.3 is 0 Å². The van der Waals surface area contributed by atoms with E-state index in [-0.39, 0.29) is 24.1 Å². The van der Waals surface area contributed by atoms with E-state index in [0.717, 1.165) is 12.8 Å². The Morgan fingerprint density at radius 3 is 2.53 bits per heavy atom. The van der Waals surface area contributed by atoms with E-state index in [9.17, 15) is 13.2 Å². The average Bonchev–Trinajstić information content (AvgIpc) is 2.95. The zero-order valence-corrected chi connectivity index (χ0v) is 9.77. The summed E-state index contributed by atoms with van der Waals surface area (Å²) in [7, 11) is -3.14. The maximum atomic E-state index is 11.2. The molecule has 1 amide bonds. The Hall–Kier alpha value is -0.620. The van der Waals surface area contributed by atoms with Crippen LogP contribution >= 0.6 is 0 Å². The first-order chi connectivity index (χ1) is 7.05. The van der Waals surface area contributed by atoms with Crippen molar-refractivity contribution in [3.05, 3.63) is 0 Å². The molecule has 0 bridgehead atoms. The normalized spacial score (nSPS) is 16.3. The lowest BCUT2D eigenvalue weighted by Crippen LogP contribution is -2.36. The third kappa shape index (κ3) is 5.13. The van der Waals surface area contributed by atoms with Gasteiger partial charge in [-0.05, 0) is 19.3 Å². The molecule has 0 unspecified atom stereocenters. The van der Waals surface area contributed by atoms with Crippen LogP contribution in [-0.4, -0.2) is 33.2 Å². The molecule has 88 valence electrons. The Balaban J connectivity index is 2.07. The van der Waals surface area contributed by atoms with Gasteiger partial charge in [-0.1, -0.05) is 6.92 Å². The van der Waals surface area contributed by atoms with Crippen molar-refractivity contribution in [3.8, 4) is 0 Å². The summed E-state index contributed by atoms with van der Waals surface area (Å²) >= 11 is 0. The Bertz CT molecular complexity index is 309. The van der Waals surface area contributed by atoms with E-state index < -0.39 is 10.0 Å². The Morgan fingerprint density at radius 1 is 1.33 bits per heavy atom. The van der Waals surface area contributed by atoms with Crippen molar-refractivity contribution < 1.29 is 13.2 Å². The summed E-state index contributed by atoms with van der Waals surface area (Å²) in [6.45, 7) is 2.47. The summed E-state index contributed by atoms with van der Waals surface area (Å²) in [6.07, 6.45) is 2.53. The molecule has 1 fully saturated rings. The average molecular weight is 234 g/mol. The molecule has 0 atom stereocenters. The third-order valence-corrected chi connectivity index (χ3v) is 3.76. The van der Waals surface area contributed by atoms with E-state index in [2.05, 4.69) is 10.0 Å². The minimum atomic E-state index is -3.14. The minimum Gasteiger partial charge on any atom is -0.355 e. The standard InChI is InChI=1S/C9H18N2O3S/c1-2-7-15(13,14)11-6-5-10-9(12)8-3-4-8/h8,11H,2-7H2,1H3,(H,10,12). The fourth-order valence-electron chi connectivity index (χ4n) is 1.22. The monoisotopic (exact) mass is 234 g/mol. The highest BCUT2D eigenvalue weighted by Gasteiger charge is 2.28. The molecule has 1 saturated carbocycles. The van der Waals surface area contributed by atoms with E-state index in [1.54, 1.807) is 0 Å². The zero-order chi connectivity index (χ0) is 11.3. The molecular weight excluding hydrogens is 216 g/mol. The summed E-state index contributed by atoms with van der Waals surface area (Å²) < 4.78 is 24.8. The van der Waals surface area contributed by atoms with Crippen LogP contribution in [-0.2, 0) is 14.8 Å². The number of hydrogen-bond acceptors (Lipinski definition) is 3. The Morgan fingerprint density at radius 2 is 2.00 bits per heavy atom. The van der Waals surface area contributed by atoms with E-state index in [4.69, 9.17) is 0 Å². The van der Waals surface area contributed by atoms with Gasteiger partial charge in [0.05, 0.1) is 5.75 Å². The van der Waals surface area contributed by atoms with Crippen molar-refractivity contribution in [2.24, 2.45) is 5.92 Å². The molecule has 5 nitrogen and oxygen atoms in total. The molecule has 15 heavy (non-hydrogen) atoms. The Kier molecular flexibility index (Phi) is 4.53. The fourth-order valence-corrected chi connectivity index (χ4v) is 2.32. The first-order valence-electron chi connectivity index (χ1n) is 5.30. The highest BCUT2D eigenvalue weighted by Crippen LogP contribution is 2.28. The summed E-state index contributed by atoms with van der Waals surface area (Å²) in [6, 6.07) is 0. The quantitative estimate of drug-likeness (QED) is 0.601. The van der Waals surface area contributed by atoms with Crippen LogP contribution in [0.25, 0.3) is 0 Å². The summed E-state index contributed by atoms with van der Waals surface area (Å²) in [5, 5.41) is 2.69. The molecule has 0 aromatic heterocycles. The van der Waals surface area contributed by atoms with Gasteiger partial charge < -0.3 is 5.32 Å². The molecule has 0 aliphatic heterocycles. The van der Waals surface area contributed by atoms with E-state index >= 15 is 0 Å². The molecule has 0 heterocycles. The number of carbonyl (C=O) groups is 1. The van der Waals surface area contributed by atoms with Crippen LogP contribution in [0.5, 0.6) is 0 Å². The zero-order valence-electron chi connectivity index (χ0n) is 8.95. The molecular formula is C9H18N2O3S. The Labute approximate surface area is 90.7 Å². The van der Waals surface area contributed by atoms with Crippen molar-refractivity contribution in [2.45, 2.75) is 26.2 Å². The van der Waals surface area contributed by atoms with Gasteiger partial charge in [-0.2, -0.15) is 0 Å². The predicted molar refractivity (Wildman–Crippen MR) is 57.8 cm³/mol. The maximum absolute atomic E-state index is 11.2. The van der Waals surface area contributed by atoms with Gasteiger partial charge in [0.15, 0.2) is 0 Å². The van der Waals surface area contributed by atoms with Crippen LogP contribution in [0.3, 0.4) is 0 Å². The van der Waals surface area contributed by atoms with E-state index in [1.807, 2.05) is 6.92 Å². The van der Waals surface area contributed by atoms with Crippen molar-refractivity contribution in [1.29, 1.82) is 0 Å². The van der Waals surface area contributed by atoms with Gasteiger partial charge in [-0.25, -0.2) is 13.1 Å². The van der Waals surface area contributed by atoms with Gasteiger partial charge in [0.1, 0.15) is 0 Å². The summed E-state index contributed by atoms with van der Waals surface area (Å²) in [5.41, 5.74) is 0. The van der Waals surface area contributed by atoms with Gasteiger partial charge in [-0.3, -0.25) is 4.79 Å². The molecule has 1 aliphatic rings. The number of rotatable bonds is 7. The molecule has 1 aliphatic carbocycles. The molecule has 1 rings (SSSR count). The lowest BCUT2D eigenvalue weighted by Gasteiger charge is -2.06. The molecule has 0 aromatic rings. The highest BCUT2D eigenvalue weighted by atomic mass is 32.2. The lowest BCUT2D eigenvalue weighted by atomic mass is 10.4. The first kappa shape index (κ1) is 12.4. The summed E-state index contributed by atoms with van der Waals surface area (Å²) in [4.78, 5) is 11.2. The maximum Gasteiger partial charge on any atom is 0.223 e. The topological polar surface area (TPSA) is 75.3 Å². The van der Waals surface area contributed by atoms with Crippen molar-refractivity contribution in [2.75, 3.05) is 18.8 Å². The molecule has 2 N–H and O–H groups in total. The SMILES string of the molecule is CCCS(=O)(=O)NCCNC(=O)C1CC1. The second kappa shape index (κ2) is 5.46. The van der Waals surface area contributed by atoms with Gasteiger partial charge in [-0.15, -0.1) is 0 Å². The molecule has 6 heteroatoms. The van der Waals surface area contributed by atoms with E-state index in [1.165, 1.54) is 0 Å². The smallest absolute Gasteiger partial charge is 0.223 e. The van der Waals surface area contributed by atoms with Crippen molar-refractivity contribution in [1.82, 2.24) is 10.0 Å². The molecule has 0 saturated heterocycles. The van der Waals surface area contributed by atoms with Crippen LogP contribution in [0, 0.1) is 5.92 Å².